The summed E-state index contributed by atoms with van der Waals surface area (Å²) >= 11 is 0. The minimum Gasteiger partial charge on any atom is -0.394 e. The summed E-state index contributed by atoms with van der Waals surface area (Å²) in [6.07, 6.45) is -45.4. The van der Waals surface area contributed by atoms with Gasteiger partial charge in [0.25, 0.3) is 0 Å². The zero-order valence-electron chi connectivity index (χ0n) is 37.7. The van der Waals surface area contributed by atoms with E-state index < -0.39 is 220 Å². The van der Waals surface area contributed by atoms with Gasteiger partial charge >= 0.3 is 7.82 Å². The number of nitrogens with one attached hydrogen (secondary N) is 2. The second-order valence-corrected chi connectivity index (χ2v) is 18.3. The molecule has 0 aromatic rings. The Labute approximate surface area is 398 Å². The molecule has 0 aromatic carbocycles. The van der Waals surface area contributed by atoms with Crippen molar-refractivity contribution in [2.75, 3.05) is 59.3 Å². The number of carbonyl (C=O) groups excluding carboxylic acids is 1. The van der Waals surface area contributed by atoms with E-state index in [9.17, 15) is 96.0 Å². The Morgan fingerprint density at radius 2 is 1.17 bits per heavy atom. The van der Waals surface area contributed by atoms with E-state index in [-0.39, 0.29) is 6.54 Å². The first-order valence-electron chi connectivity index (χ1n) is 22.0. The molecule has 412 valence electrons. The summed E-state index contributed by atoms with van der Waals surface area (Å²) in [4.78, 5) is 22.4. The molecule has 33 heteroatoms. The predicted molar refractivity (Wildman–Crippen MR) is 220 cm³/mol. The van der Waals surface area contributed by atoms with Crippen LogP contribution >= 0.6 is 7.82 Å². The number of amides is 1. The molecule has 4 heterocycles. The lowest BCUT2D eigenvalue weighted by Crippen LogP contribution is -2.70. The third kappa shape index (κ3) is 15.6. The predicted octanol–water partition coefficient (Wildman–Crippen LogP) is -12.0. The summed E-state index contributed by atoms with van der Waals surface area (Å²) in [6.45, 7) is -4.70. The monoisotopic (exact) mass is 1050 g/mol. The SMILES string of the molecule is CC(=O)N[C@H]1[C@H](O[C@H]2[C@@H](O)[C@@H](CO)O[C@@H](O[C@@H]([C@H](O)[C@@H](O)CNCCOP(=O)(O)OCC(O)CO)[C@H](O)CO)[C@@H]2O)O[C@H](CO)[C@@H](O)[C@@H]1O[C@@H]1O[C@H](CO)[C@H](O)[C@H](O)[C@H]1O[C@@H]1O[C@@H](C)[C@@H](O)[C@@H](O)[C@@H]1O. The van der Waals surface area contributed by atoms with E-state index >= 15 is 0 Å². The van der Waals surface area contributed by atoms with Gasteiger partial charge in [-0.25, -0.2) is 4.57 Å². The van der Waals surface area contributed by atoms with Crippen molar-refractivity contribution in [1.29, 1.82) is 0 Å². The highest BCUT2D eigenvalue weighted by atomic mass is 31.2. The lowest BCUT2D eigenvalue weighted by atomic mass is 9.94. The molecule has 1 amide bonds. The van der Waals surface area contributed by atoms with E-state index in [1.165, 1.54) is 6.92 Å². The maximum absolute atomic E-state index is 12.7. The molecule has 20 N–H and O–H groups in total. The summed E-state index contributed by atoms with van der Waals surface area (Å²) in [6, 6.07) is -1.80. The smallest absolute Gasteiger partial charge is 0.394 e. The molecule has 0 bridgehead atoms. The van der Waals surface area contributed by atoms with E-state index in [4.69, 9.17) is 43.0 Å². The molecule has 4 aliphatic heterocycles. The van der Waals surface area contributed by atoms with Crippen LogP contribution in [0.2, 0.25) is 0 Å². The topological polar surface area (TPSA) is 515 Å². The highest BCUT2D eigenvalue weighted by Gasteiger charge is 2.56. The van der Waals surface area contributed by atoms with Gasteiger partial charge in [-0.2, -0.15) is 0 Å². The van der Waals surface area contributed by atoms with Crippen LogP contribution in [0.25, 0.3) is 0 Å². The van der Waals surface area contributed by atoms with Crippen LogP contribution in [0, 0.1) is 0 Å². The number of aliphatic hydroxyl groups excluding tert-OH is 17. The van der Waals surface area contributed by atoms with Gasteiger partial charge in [0.1, 0.15) is 116 Å². The van der Waals surface area contributed by atoms with Gasteiger partial charge in [0.2, 0.25) is 5.91 Å². The summed E-state index contributed by atoms with van der Waals surface area (Å²) in [5, 5.41) is 183. The molecule has 70 heavy (non-hydrogen) atoms. The third-order valence-corrected chi connectivity index (χ3v) is 12.7. The average Bonchev–Trinajstić information content (AvgIpc) is 3.33. The molecule has 0 aliphatic carbocycles. The number of ether oxygens (including phenoxy) is 8. The molecule has 4 aliphatic rings. The minimum absolute atomic E-state index is 0.275. The number of carbonyl (C=O) groups is 1. The highest BCUT2D eigenvalue weighted by molar-refractivity contribution is 7.47. The van der Waals surface area contributed by atoms with Crippen molar-refractivity contribution in [3.63, 3.8) is 0 Å². The number of hydrogen-bond acceptors (Lipinski definition) is 30. The fourth-order valence-corrected chi connectivity index (χ4v) is 8.47. The fraction of sp³-hybridized carbons (Fsp3) is 0.973. The molecular weight excluding hydrogens is 983 g/mol. The molecule has 0 radical (unpaired) electrons. The van der Waals surface area contributed by atoms with E-state index in [0.29, 0.717) is 0 Å². The Bertz CT molecular complexity index is 1600. The van der Waals surface area contributed by atoms with Crippen molar-refractivity contribution in [2.45, 2.75) is 167 Å². The molecule has 4 saturated heterocycles. The minimum atomic E-state index is -4.68. The highest BCUT2D eigenvalue weighted by Crippen LogP contribution is 2.43. The molecule has 0 spiro atoms. The van der Waals surface area contributed by atoms with E-state index in [1.807, 2.05) is 0 Å². The Morgan fingerprint density at radius 1 is 0.614 bits per heavy atom. The molecule has 26 atom stereocenters. The van der Waals surface area contributed by atoms with Gasteiger partial charge in [-0.05, 0) is 6.92 Å². The van der Waals surface area contributed by atoms with E-state index in [2.05, 4.69) is 19.7 Å². The van der Waals surface area contributed by atoms with Crippen LogP contribution in [0.5, 0.6) is 0 Å². The maximum atomic E-state index is 12.7. The molecule has 0 aromatic heterocycles. The quantitative estimate of drug-likeness (QED) is 0.0282. The van der Waals surface area contributed by atoms with Crippen LogP contribution in [-0.2, 0) is 56.3 Å². The first-order valence-corrected chi connectivity index (χ1v) is 23.5. The summed E-state index contributed by atoms with van der Waals surface area (Å²) in [7, 11) is -4.68. The molecule has 32 nitrogen and oxygen atoms in total. The van der Waals surface area contributed by atoms with Crippen molar-refractivity contribution in [2.24, 2.45) is 0 Å². The van der Waals surface area contributed by atoms with Gasteiger partial charge in [-0.15, -0.1) is 0 Å². The number of phosphoric acid groups is 1. The Kier molecular flexibility index (Phi) is 24.3. The number of phosphoric ester groups is 1. The number of hydrogen-bond donors (Lipinski definition) is 20. The van der Waals surface area contributed by atoms with Crippen molar-refractivity contribution in [1.82, 2.24) is 10.6 Å². The second kappa shape index (κ2) is 27.9. The first-order chi connectivity index (χ1) is 32.9. The Balaban J connectivity index is 1.56. The van der Waals surface area contributed by atoms with Crippen LogP contribution in [0.1, 0.15) is 13.8 Å². The standard InChI is InChI=1S/C37H69N2O30P/c1-12-21(49)26(54)28(56)35(62-12)69-33-27(55)23(51)17(8-42)65-37(33)67-31-20(39-13(2)45)34(63-18(9-43)24(31)52)68-32-25(53)19(10-44)64-36(29(32)57)66-30(16(48)7-41)22(50)15(47)5-38-3-4-60-70(58,59)61-11-14(46)6-40/h12,14-38,40-44,46-57H,3-11H2,1-2H3,(H,39,45)(H,58,59)/t12-,14?,15-,16+,17+,18+,19+,20+,21+,22+,23-,24+,25-,26+,27-,28-,29+,30+,31+,32-,33+,34-,35-,36-,37-/m0/s1. The molecular formula is C37H69N2O30P. The average molecular weight is 1050 g/mol. The van der Waals surface area contributed by atoms with Gasteiger partial charge < -0.3 is 140 Å². The number of rotatable bonds is 26. The normalized spacial score (nSPS) is 41.5. The molecule has 4 fully saturated rings. The van der Waals surface area contributed by atoms with Crippen molar-refractivity contribution in [3.8, 4) is 0 Å². The largest absolute Gasteiger partial charge is 0.472 e. The van der Waals surface area contributed by atoms with Crippen molar-refractivity contribution < 1.29 is 148 Å². The summed E-state index contributed by atoms with van der Waals surface area (Å²) < 4.78 is 67.0. The van der Waals surface area contributed by atoms with E-state index in [0.717, 1.165) is 6.92 Å². The van der Waals surface area contributed by atoms with Crippen molar-refractivity contribution in [3.05, 3.63) is 0 Å². The van der Waals surface area contributed by atoms with Crippen LogP contribution in [0.3, 0.4) is 0 Å². The zero-order chi connectivity index (χ0) is 52.4. The first kappa shape index (κ1) is 61.1. The van der Waals surface area contributed by atoms with Crippen molar-refractivity contribution >= 4 is 13.7 Å². The Hall–Kier alpha value is -1.46. The molecule has 0 saturated carbocycles. The summed E-state index contributed by atoms with van der Waals surface area (Å²) in [5.41, 5.74) is 0. The second-order valence-electron chi connectivity index (χ2n) is 16.9. The fourth-order valence-electron chi connectivity index (χ4n) is 7.71. The zero-order valence-corrected chi connectivity index (χ0v) is 38.6. The molecule has 2 unspecified atom stereocenters. The summed E-state index contributed by atoms with van der Waals surface area (Å²) in [5.74, 6) is -0.873. The van der Waals surface area contributed by atoms with Crippen LogP contribution < -0.4 is 10.6 Å². The number of aliphatic hydroxyl groups is 17. The lowest BCUT2D eigenvalue weighted by molar-refractivity contribution is -0.387. The Morgan fingerprint density at radius 3 is 1.76 bits per heavy atom. The van der Waals surface area contributed by atoms with Crippen LogP contribution in [0.15, 0.2) is 0 Å². The van der Waals surface area contributed by atoms with Crippen LogP contribution in [-0.4, -0.2) is 310 Å². The maximum Gasteiger partial charge on any atom is 0.472 e. The van der Waals surface area contributed by atoms with Gasteiger partial charge in [-0.3, -0.25) is 13.8 Å². The lowest BCUT2D eigenvalue weighted by Gasteiger charge is -2.50. The van der Waals surface area contributed by atoms with E-state index in [1.54, 1.807) is 0 Å². The third-order valence-electron chi connectivity index (χ3n) is 11.7. The van der Waals surface area contributed by atoms with Crippen LogP contribution in [0.4, 0.5) is 0 Å². The van der Waals surface area contributed by atoms with Gasteiger partial charge in [0, 0.05) is 20.0 Å². The van der Waals surface area contributed by atoms with Gasteiger partial charge in [-0.1, -0.05) is 0 Å². The van der Waals surface area contributed by atoms with Gasteiger partial charge in [0.05, 0.1) is 58.5 Å². The molecule has 4 rings (SSSR count). The van der Waals surface area contributed by atoms with Gasteiger partial charge in [0.15, 0.2) is 25.2 Å².